The predicted molar refractivity (Wildman–Crippen MR) is 82.9 cm³/mol. The van der Waals surface area contributed by atoms with Gasteiger partial charge in [0.1, 0.15) is 5.76 Å². The maximum atomic E-state index is 12.1. The number of nitrogens with zero attached hydrogens (tertiary/aromatic N) is 2. The van der Waals surface area contributed by atoms with E-state index in [2.05, 4.69) is 4.98 Å². The molecule has 0 radical (unpaired) electrons. The van der Waals surface area contributed by atoms with Crippen molar-refractivity contribution in [3.05, 3.63) is 41.3 Å². The summed E-state index contributed by atoms with van der Waals surface area (Å²) in [5, 5.41) is 0.603. The number of aryl methyl sites for hydroxylation is 2. The van der Waals surface area contributed by atoms with Crippen LogP contribution in [0.15, 0.2) is 38.8 Å². The van der Waals surface area contributed by atoms with E-state index < -0.39 is 10.0 Å². The van der Waals surface area contributed by atoms with Gasteiger partial charge in [-0.1, -0.05) is 23.9 Å². The monoisotopic (exact) mass is 326 g/mol. The zero-order valence-corrected chi connectivity index (χ0v) is 14.1. The lowest BCUT2D eigenvalue weighted by molar-refractivity contribution is 0.431. The van der Waals surface area contributed by atoms with Crippen molar-refractivity contribution in [2.45, 2.75) is 29.7 Å². The number of benzene rings is 1. The molecule has 0 bridgehead atoms. The quantitative estimate of drug-likeness (QED) is 0.791. The van der Waals surface area contributed by atoms with Crippen LogP contribution >= 0.6 is 11.8 Å². The molecule has 5 nitrogen and oxygen atoms in total. The number of thioether (sulfide) groups is 1. The van der Waals surface area contributed by atoms with Crippen LogP contribution in [-0.2, 0) is 15.8 Å². The molecule has 21 heavy (non-hydrogen) atoms. The highest BCUT2D eigenvalue weighted by molar-refractivity contribution is 7.98. The Hall–Kier alpha value is -1.31. The topological polar surface area (TPSA) is 63.4 Å². The Balaban J connectivity index is 2.15. The van der Waals surface area contributed by atoms with E-state index in [1.54, 1.807) is 18.2 Å². The molecule has 0 N–H and O–H groups in total. The first-order valence-corrected chi connectivity index (χ1v) is 8.81. The lowest BCUT2D eigenvalue weighted by Crippen LogP contribution is -2.22. The third-order valence-corrected chi connectivity index (χ3v) is 5.76. The first-order chi connectivity index (χ1) is 9.80. The summed E-state index contributed by atoms with van der Waals surface area (Å²) in [6.07, 6.45) is 0. The highest BCUT2D eigenvalue weighted by atomic mass is 32.2. The van der Waals surface area contributed by atoms with Crippen molar-refractivity contribution in [3.8, 4) is 0 Å². The van der Waals surface area contributed by atoms with E-state index in [0.717, 1.165) is 17.0 Å². The molecule has 0 atom stereocenters. The van der Waals surface area contributed by atoms with E-state index in [0.29, 0.717) is 15.9 Å². The van der Waals surface area contributed by atoms with E-state index in [9.17, 15) is 8.42 Å². The lowest BCUT2D eigenvalue weighted by Gasteiger charge is -2.12. The van der Waals surface area contributed by atoms with Gasteiger partial charge >= 0.3 is 0 Å². The number of rotatable bonds is 5. The summed E-state index contributed by atoms with van der Waals surface area (Å²) >= 11 is 1.45. The Bertz CT molecular complexity index is 717. The van der Waals surface area contributed by atoms with Gasteiger partial charge in [0.05, 0.1) is 10.6 Å². The van der Waals surface area contributed by atoms with Crippen molar-refractivity contribution in [1.82, 2.24) is 9.29 Å². The Kier molecular flexibility index (Phi) is 4.75. The average Bonchev–Trinajstić information content (AvgIpc) is 2.76. The van der Waals surface area contributed by atoms with Crippen molar-refractivity contribution in [2.75, 3.05) is 14.1 Å². The zero-order chi connectivity index (χ0) is 15.6. The molecular formula is C14H18N2O3S2. The lowest BCUT2D eigenvalue weighted by atomic mass is 10.2. The van der Waals surface area contributed by atoms with Crippen LogP contribution < -0.4 is 0 Å². The smallest absolute Gasteiger partial charge is 0.256 e. The van der Waals surface area contributed by atoms with Gasteiger partial charge in [0.2, 0.25) is 10.0 Å². The van der Waals surface area contributed by atoms with Gasteiger partial charge in [-0.2, -0.15) is 0 Å². The Morgan fingerprint density at radius 3 is 2.57 bits per heavy atom. The van der Waals surface area contributed by atoms with Crippen LogP contribution in [0.25, 0.3) is 0 Å². The Morgan fingerprint density at radius 2 is 2.00 bits per heavy atom. The molecule has 2 rings (SSSR count). The standard InChI is InChI=1S/C14H18N2O3S2/c1-10-11(2)19-14(15-10)20-9-12-6-5-7-13(8-12)21(17,18)16(3)4/h5-8H,9H2,1-4H3. The SMILES string of the molecule is Cc1nc(SCc2cccc(S(=O)(=O)N(C)C)c2)oc1C. The molecule has 114 valence electrons. The molecule has 0 aliphatic carbocycles. The Labute approximate surface area is 129 Å². The van der Waals surface area contributed by atoms with E-state index >= 15 is 0 Å². The number of hydrogen-bond donors (Lipinski definition) is 0. The summed E-state index contributed by atoms with van der Waals surface area (Å²) in [6, 6.07) is 6.93. The average molecular weight is 326 g/mol. The van der Waals surface area contributed by atoms with Crippen molar-refractivity contribution >= 4 is 21.8 Å². The van der Waals surface area contributed by atoms with Gasteiger partial charge in [0.25, 0.3) is 5.22 Å². The van der Waals surface area contributed by atoms with Crippen LogP contribution in [0.3, 0.4) is 0 Å². The summed E-state index contributed by atoms with van der Waals surface area (Å²) in [6.45, 7) is 3.77. The summed E-state index contributed by atoms with van der Waals surface area (Å²) in [5.74, 6) is 1.41. The van der Waals surface area contributed by atoms with Gasteiger partial charge in [-0.3, -0.25) is 0 Å². The van der Waals surface area contributed by atoms with E-state index in [1.165, 1.54) is 30.2 Å². The molecule has 1 aromatic carbocycles. The summed E-state index contributed by atoms with van der Waals surface area (Å²) < 4.78 is 30.9. The fourth-order valence-electron chi connectivity index (χ4n) is 1.66. The minimum absolute atomic E-state index is 0.297. The molecule has 1 heterocycles. The minimum atomic E-state index is -3.40. The second kappa shape index (κ2) is 6.21. The molecule has 0 saturated carbocycles. The molecule has 0 amide bonds. The van der Waals surface area contributed by atoms with Crippen LogP contribution in [0, 0.1) is 13.8 Å². The second-order valence-corrected chi connectivity index (χ2v) is 7.92. The number of hydrogen-bond acceptors (Lipinski definition) is 5. The highest BCUT2D eigenvalue weighted by Gasteiger charge is 2.17. The zero-order valence-electron chi connectivity index (χ0n) is 12.5. The second-order valence-electron chi connectivity index (χ2n) is 4.84. The maximum absolute atomic E-state index is 12.1. The normalized spacial score (nSPS) is 12.0. The third kappa shape index (κ3) is 3.66. The molecule has 2 aromatic rings. The molecule has 0 fully saturated rings. The minimum Gasteiger partial charge on any atom is -0.437 e. The number of oxazole rings is 1. The summed E-state index contributed by atoms with van der Waals surface area (Å²) in [7, 11) is -0.354. The Morgan fingerprint density at radius 1 is 1.29 bits per heavy atom. The van der Waals surface area contributed by atoms with Crippen LogP contribution in [0.1, 0.15) is 17.0 Å². The van der Waals surface area contributed by atoms with E-state index in [1.807, 2.05) is 19.9 Å². The van der Waals surface area contributed by atoms with E-state index in [-0.39, 0.29) is 0 Å². The largest absolute Gasteiger partial charge is 0.437 e. The predicted octanol–water partition coefficient (Wildman–Crippen LogP) is 2.83. The van der Waals surface area contributed by atoms with Crippen LogP contribution in [0.5, 0.6) is 0 Å². The molecule has 0 saturated heterocycles. The molecule has 0 aliphatic heterocycles. The van der Waals surface area contributed by atoms with Crippen LogP contribution in [0.2, 0.25) is 0 Å². The van der Waals surface area contributed by atoms with Gasteiger partial charge in [0.15, 0.2) is 0 Å². The first-order valence-electron chi connectivity index (χ1n) is 6.39. The van der Waals surface area contributed by atoms with Crippen LogP contribution in [0.4, 0.5) is 0 Å². The number of sulfonamides is 1. The van der Waals surface area contributed by atoms with Gasteiger partial charge in [-0.25, -0.2) is 17.7 Å². The summed E-state index contributed by atoms with van der Waals surface area (Å²) in [4.78, 5) is 4.59. The van der Waals surface area contributed by atoms with Crippen molar-refractivity contribution < 1.29 is 12.8 Å². The molecule has 0 unspecified atom stereocenters. The van der Waals surface area contributed by atoms with E-state index in [4.69, 9.17) is 4.42 Å². The van der Waals surface area contributed by atoms with Gasteiger partial charge < -0.3 is 4.42 Å². The molecule has 1 aromatic heterocycles. The number of aromatic nitrogens is 1. The van der Waals surface area contributed by atoms with Gasteiger partial charge in [0, 0.05) is 19.8 Å². The third-order valence-electron chi connectivity index (χ3n) is 3.05. The highest BCUT2D eigenvalue weighted by Crippen LogP contribution is 2.25. The maximum Gasteiger partial charge on any atom is 0.256 e. The van der Waals surface area contributed by atoms with Crippen LogP contribution in [-0.4, -0.2) is 31.8 Å². The fourth-order valence-corrected chi connectivity index (χ4v) is 3.48. The van der Waals surface area contributed by atoms with Crippen molar-refractivity contribution in [1.29, 1.82) is 0 Å². The molecule has 7 heteroatoms. The molecule has 0 spiro atoms. The molecular weight excluding hydrogens is 308 g/mol. The van der Waals surface area contributed by atoms with Gasteiger partial charge in [-0.15, -0.1) is 0 Å². The first kappa shape index (κ1) is 16.1. The van der Waals surface area contributed by atoms with Gasteiger partial charge in [-0.05, 0) is 31.5 Å². The molecule has 0 aliphatic rings. The fraction of sp³-hybridized carbons (Fsp3) is 0.357. The summed E-state index contributed by atoms with van der Waals surface area (Å²) in [5.41, 5.74) is 1.79. The van der Waals surface area contributed by atoms with Crippen molar-refractivity contribution in [2.24, 2.45) is 0 Å². The van der Waals surface area contributed by atoms with Crippen molar-refractivity contribution in [3.63, 3.8) is 0 Å².